The van der Waals surface area contributed by atoms with Crippen LogP contribution < -0.4 is 20.3 Å². The average molecular weight is 775 g/mol. The summed E-state index contributed by atoms with van der Waals surface area (Å²) in [4.78, 5) is 47.7. The second kappa shape index (κ2) is 22.8. The molecule has 10 nitrogen and oxygen atoms in total. The fraction of sp³-hybridized carbons (Fsp3) is 0.610. The van der Waals surface area contributed by atoms with E-state index in [1.54, 1.807) is 45.0 Å². The highest BCUT2D eigenvalue weighted by molar-refractivity contribution is 7.88. The number of carbonyl (C=O) groups is 3. The molecule has 0 saturated heterocycles. The molecule has 0 aliphatic carbocycles. The van der Waals surface area contributed by atoms with E-state index in [1.165, 1.54) is 25.7 Å². The number of likely N-dealkylation sites (N-methyl/N-ethyl adjacent to an activating group) is 1. The maximum atomic E-state index is 13.8. The summed E-state index contributed by atoms with van der Waals surface area (Å²) in [5.41, 5.74) is 1.63. The lowest BCUT2D eigenvalue weighted by Gasteiger charge is -2.24. The number of ketones is 1. The lowest BCUT2D eigenvalue weighted by molar-refractivity contribution is -0.121. The number of aryl methyl sites for hydroxylation is 1. The molecule has 0 fully saturated rings. The highest BCUT2D eigenvalue weighted by Gasteiger charge is 2.32. The summed E-state index contributed by atoms with van der Waals surface area (Å²) in [5, 5.41) is 6.11. The zero-order valence-electron chi connectivity index (χ0n) is 33.4. The van der Waals surface area contributed by atoms with Crippen molar-refractivity contribution in [3.63, 3.8) is 0 Å². The molecule has 0 radical (unpaired) electrons. The first-order chi connectivity index (χ1) is 25.0. The van der Waals surface area contributed by atoms with Gasteiger partial charge in [-0.1, -0.05) is 110 Å². The Balaban J connectivity index is 2.31. The predicted octanol–water partition coefficient (Wildman–Crippen LogP) is 9.63. The number of aliphatic imine (C=N–C) groups is 1. The number of unbranched alkanes of at least 4 members (excludes halogenated alkanes) is 8. The molecule has 0 aromatic heterocycles. The molecule has 1 atom stereocenters. The summed E-state index contributed by atoms with van der Waals surface area (Å²) in [7, 11) is -3.31. The molecule has 1 unspecified atom stereocenters. The molecule has 2 aromatic carbocycles. The Hall–Kier alpha value is -3.28. The summed E-state index contributed by atoms with van der Waals surface area (Å²) < 4.78 is 25.6. The zero-order valence-corrected chi connectivity index (χ0v) is 34.9. The van der Waals surface area contributed by atoms with Gasteiger partial charge in [0.25, 0.3) is 5.91 Å². The van der Waals surface area contributed by atoms with Crippen LogP contribution in [0.3, 0.4) is 0 Å². The van der Waals surface area contributed by atoms with Crippen LogP contribution in [0.2, 0.25) is 5.02 Å². The topological polar surface area (TPSA) is 137 Å². The first kappa shape index (κ1) is 45.9. The number of anilines is 3. The Labute approximate surface area is 324 Å². The maximum Gasteiger partial charge on any atom is 0.278 e. The van der Waals surface area contributed by atoms with Crippen molar-refractivity contribution >= 4 is 67.7 Å². The number of benzene rings is 2. The van der Waals surface area contributed by atoms with Crippen LogP contribution in [0.1, 0.15) is 124 Å². The monoisotopic (exact) mass is 773 g/mol. The summed E-state index contributed by atoms with van der Waals surface area (Å²) in [6, 6.07) is 10.4. The summed E-state index contributed by atoms with van der Waals surface area (Å²) in [6.45, 7) is 14.7. The molecule has 2 aromatic rings. The molecule has 0 aliphatic rings. The van der Waals surface area contributed by atoms with Gasteiger partial charge < -0.3 is 15.5 Å². The Bertz CT molecular complexity index is 1640. The van der Waals surface area contributed by atoms with Gasteiger partial charge in [-0.25, -0.2) is 18.1 Å². The van der Waals surface area contributed by atoms with E-state index in [0.29, 0.717) is 24.5 Å². The average Bonchev–Trinajstić information content (AvgIpc) is 3.08. The third kappa shape index (κ3) is 16.7. The molecule has 2 rings (SSSR count). The van der Waals surface area contributed by atoms with E-state index in [0.717, 1.165) is 68.9 Å². The molecule has 3 N–H and O–H groups in total. The number of nitrogens with zero attached hydrogens (tertiary/aromatic N) is 2. The smallest absolute Gasteiger partial charge is 0.278 e. The maximum absolute atomic E-state index is 13.8. The van der Waals surface area contributed by atoms with Gasteiger partial charge in [0.2, 0.25) is 15.9 Å². The normalized spacial score (nSPS) is 12.7. The molecule has 296 valence electrons. The predicted molar refractivity (Wildman–Crippen MR) is 222 cm³/mol. The molecule has 0 saturated carbocycles. The van der Waals surface area contributed by atoms with Gasteiger partial charge in [-0.15, -0.1) is 0 Å². The SMILES string of the molecule is CCCCCCCCC(CCCCCC)C(=O)Nc1ccc(Cl)c(NC(=O)C(=Nc2ccc(N(CC)CCNS(C)(=O)=O)cc2C)C(=O)C(C)(C)C)c1. The standard InChI is InChI=1S/C41H64ClN5O5S/c1-9-12-14-16-17-19-21-31(20-18-15-13-10-2)39(49)44-32-22-24-34(42)36(29-32)46-40(50)37(38(48)41(5,6)7)45-35-25-23-33(28-30(35)4)47(11-3)27-26-43-53(8,51)52/h22-25,28-29,31,43H,9-21,26-27H2,1-8H3,(H,44,49)(H,46,50). The van der Waals surface area contributed by atoms with Crippen molar-refractivity contribution in [2.24, 2.45) is 16.3 Å². The van der Waals surface area contributed by atoms with Gasteiger partial charge in [0, 0.05) is 42.3 Å². The Morgan fingerprint density at radius 1 is 0.849 bits per heavy atom. The number of hydrogen-bond acceptors (Lipinski definition) is 7. The van der Waals surface area contributed by atoms with E-state index >= 15 is 0 Å². The van der Waals surface area contributed by atoms with Crippen LogP contribution in [0.15, 0.2) is 41.4 Å². The Morgan fingerprint density at radius 3 is 2.02 bits per heavy atom. The van der Waals surface area contributed by atoms with Gasteiger partial charge in [-0.2, -0.15) is 0 Å². The van der Waals surface area contributed by atoms with E-state index in [4.69, 9.17) is 11.6 Å². The summed E-state index contributed by atoms with van der Waals surface area (Å²) >= 11 is 6.54. The van der Waals surface area contributed by atoms with Crippen LogP contribution in [0, 0.1) is 18.3 Å². The molecule has 0 aliphatic heterocycles. The van der Waals surface area contributed by atoms with Crippen LogP contribution in [0.4, 0.5) is 22.7 Å². The van der Waals surface area contributed by atoms with Gasteiger partial charge in [0.15, 0.2) is 11.5 Å². The summed E-state index contributed by atoms with van der Waals surface area (Å²) in [5.74, 6) is -1.29. The lowest BCUT2D eigenvalue weighted by atomic mass is 9.87. The van der Waals surface area contributed by atoms with Crippen LogP contribution in [0.5, 0.6) is 0 Å². The Kier molecular flexibility index (Phi) is 19.8. The van der Waals surface area contributed by atoms with Crippen LogP contribution in [-0.2, 0) is 24.4 Å². The largest absolute Gasteiger partial charge is 0.370 e. The summed E-state index contributed by atoms with van der Waals surface area (Å²) in [6.07, 6.45) is 14.2. The number of Topliss-reactive ketones (excluding diaryl/α,β-unsaturated/α-hetero) is 1. The fourth-order valence-corrected chi connectivity index (χ4v) is 6.62. The molecule has 0 heterocycles. The fourth-order valence-electron chi connectivity index (χ4n) is 6.00. The first-order valence-electron chi connectivity index (χ1n) is 19.4. The van der Waals surface area contributed by atoms with E-state index in [9.17, 15) is 22.8 Å². The number of sulfonamides is 1. The number of halogens is 1. The van der Waals surface area contributed by atoms with Crippen molar-refractivity contribution in [1.29, 1.82) is 0 Å². The quantitative estimate of drug-likeness (QED) is 0.0552. The van der Waals surface area contributed by atoms with Crippen LogP contribution in [0.25, 0.3) is 0 Å². The van der Waals surface area contributed by atoms with Crippen molar-refractivity contribution in [1.82, 2.24) is 4.72 Å². The van der Waals surface area contributed by atoms with Crippen LogP contribution in [-0.4, -0.2) is 57.6 Å². The van der Waals surface area contributed by atoms with Gasteiger partial charge in [0.05, 0.1) is 22.7 Å². The number of nitrogens with one attached hydrogen (secondary N) is 3. The number of amides is 2. The van der Waals surface area contributed by atoms with Crippen LogP contribution >= 0.6 is 11.6 Å². The number of rotatable bonds is 24. The Morgan fingerprint density at radius 2 is 1.45 bits per heavy atom. The van der Waals surface area contributed by atoms with Gasteiger partial charge in [0.1, 0.15) is 0 Å². The van der Waals surface area contributed by atoms with Crippen molar-refractivity contribution in [3.8, 4) is 0 Å². The minimum atomic E-state index is -3.31. The third-order valence-corrected chi connectivity index (χ3v) is 10.2. The number of hydrogen-bond donors (Lipinski definition) is 3. The van der Waals surface area contributed by atoms with Crippen molar-refractivity contribution in [3.05, 3.63) is 47.0 Å². The van der Waals surface area contributed by atoms with E-state index in [-0.39, 0.29) is 34.8 Å². The minimum absolute atomic E-state index is 0.0352. The van der Waals surface area contributed by atoms with Gasteiger partial charge in [-0.05, 0) is 68.7 Å². The molecular weight excluding hydrogens is 710 g/mol. The van der Waals surface area contributed by atoms with Gasteiger partial charge in [-0.3, -0.25) is 14.4 Å². The number of carbonyl (C=O) groups excluding carboxylic acids is 3. The zero-order chi connectivity index (χ0) is 39.6. The van der Waals surface area contributed by atoms with Gasteiger partial charge >= 0.3 is 0 Å². The van der Waals surface area contributed by atoms with E-state index < -0.39 is 27.1 Å². The van der Waals surface area contributed by atoms with E-state index in [1.807, 2.05) is 30.9 Å². The second-order valence-corrected chi connectivity index (χ2v) is 17.2. The van der Waals surface area contributed by atoms with Crippen molar-refractivity contribution < 1.29 is 22.8 Å². The molecule has 2 amide bonds. The molecule has 53 heavy (non-hydrogen) atoms. The van der Waals surface area contributed by atoms with Crippen molar-refractivity contribution in [2.45, 2.75) is 126 Å². The molecule has 0 spiro atoms. The third-order valence-electron chi connectivity index (χ3n) is 9.18. The molecular formula is C41H64ClN5O5S. The highest BCUT2D eigenvalue weighted by atomic mass is 35.5. The lowest BCUT2D eigenvalue weighted by Crippen LogP contribution is -2.37. The van der Waals surface area contributed by atoms with E-state index in [2.05, 4.69) is 34.2 Å². The minimum Gasteiger partial charge on any atom is -0.370 e. The molecule has 12 heteroatoms. The first-order valence-corrected chi connectivity index (χ1v) is 21.6. The highest BCUT2D eigenvalue weighted by Crippen LogP contribution is 2.30. The second-order valence-electron chi connectivity index (χ2n) is 15.0. The molecule has 0 bridgehead atoms. The van der Waals surface area contributed by atoms with Crippen molar-refractivity contribution in [2.75, 3.05) is 41.4 Å².